The SMILES string of the molecule is CN1CCC(COc2ccc3nc(-c4[nH]ncc4NC(O)c4c(F)cccc4F)[nH]c3c2)CC1. The number of ether oxygens (including phenoxy) is 1. The van der Waals surface area contributed by atoms with Crippen molar-refractivity contribution < 1.29 is 18.6 Å². The molecule has 3 heterocycles. The van der Waals surface area contributed by atoms with Gasteiger partial charge in [0.25, 0.3) is 0 Å². The number of H-pyrrole nitrogens is 2. The van der Waals surface area contributed by atoms with Crippen LogP contribution in [0, 0.1) is 17.6 Å². The Kier molecular flexibility index (Phi) is 6.16. The Bertz CT molecular complexity index is 1260. The Hall–Kier alpha value is -3.50. The van der Waals surface area contributed by atoms with E-state index < -0.39 is 23.4 Å². The molecule has 2 aromatic carbocycles. The highest BCUT2D eigenvalue weighted by molar-refractivity contribution is 5.82. The van der Waals surface area contributed by atoms with Crippen molar-refractivity contribution in [3.05, 3.63) is 59.8 Å². The zero-order valence-electron chi connectivity index (χ0n) is 18.7. The highest BCUT2D eigenvalue weighted by atomic mass is 19.1. The molecule has 8 nitrogen and oxygen atoms in total. The number of hydrogen-bond acceptors (Lipinski definition) is 6. The standard InChI is InChI=1S/C24H26F2N6O2/c1-32-9-7-14(8-10-32)13-34-15-5-6-18-19(11-15)29-23(28-18)22-20(12-27-31-22)30-24(33)21-16(25)3-2-4-17(21)26/h2-6,11-12,14,24,30,33H,7-10,13H2,1H3,(H,27,31)(H,28,29). The molecule has 1 aliphatic heterocycles. The van der Waals surface area contributed by atoms with E-state index in [1.807, 2.05) is 18.2 Å². The number of hydrogen-bond donors (Lipinski definition) is 4. The Morgan fingerprint density at radius 3 is 2.74 bits per heavy atom. The Morgan fingerprint density at radius 1 is 1.21 bits per heavy atom. The van der Waals surface area contributed by atoms with Crippen molar-refractivity contribution in [2.24, 2.45) is 5.92 Å². The number of aromatic amines is 2. The average Bonchev–Trinajstić information content (AvgIpc) is 3.44. The quantitative estimate of drug-likeness (QED) is 0.305. The highest BCUT2D eigenvalue weighted by Crippen LogP contribution is 2.30. The smallest absolute Gasteiger partial charge is 0.158 e. The predicted molar refractivity (Wildman–Crippen MR) is 124 cm³/mol. The molecule has 178 valence electrons. The van der Waals surface area contributed by atoms with Crippen LogP contribution in [0.4, 0.5) is 14.5 Å². The third kappa shape index (κ3) is 4.59. The van der Waals surface area contributed by atoms with Crippen molar-refractivity contribution in [3.63, 3.8) is 0 Å². The number of rotatable bonds is 7. The fourth-order valence-electron chi connectivity index (χ4n) is 4.21. The maximum absolute atomic E-state index is 14.0. The van der Waals surface area contributed by atoms with Gasteiger partial charge in [-0.25, -0.2) is 13.8 Å². The van der Waals surface area contributed by atoms with Crippen LogP contribution in [0.1, 0.15) is 24.6 Å². The van der Waals surface area contributed by atoms with Gasteiger partial charge >= 0.3 is 0 Å². The van der Waals surface area contributed by atoms with E-state index in [-0.39, 0.29) is 0 Å². The Balaban J connectivity index is 1.32. The first kappa shape index (κ1) is 22.3. The van der Waals surface area contributed by atoms with Crippen molar-refractivity contribution in [3.8, 4) is 17.3 Å². The Labute approximate surface area is 195 Å². The summed E-state index contributed by atoms with van der Waals surface area (Å²) in [5, 5.41) is 19.9. The number of nitrogens with zero attached hydrogens (tertiary/aromatic N) is 3. The molecular weight excluding hydrogens is 442 g/mol. The summed E-state index contributed by atoms with van der Waals surface area (Å²) in [7, 11) is 2.14. The van der Waals surface area contributed by atoms with Crippen molar-refractivity contribution >= 4 is 16.7 Å². The minimum Gasteiger partial charge on any atom is -0.493 e. The summed E-state index contributed by atoms with van der Waals surface area (Å²) in [6.07, 6.45) is 2.07. The molecule has 0 bridgehead atoms. The summed E-state index contributed by atoms with van der Waals surface area (Å²) in [5.41, 5.74) is 1.82. The maximum Gasteiger partial charge on any atom is 0.158 e. The van der Waals surface area contributed by atoms with Gasteiger partial charge in [0.05, 0.1) is 35.1 Å². The number of aliphatic hydroxyl groups is 1. The van der Waals surface area contributed by atoms with Gasteiger partial charge in [-0.2, -0.15) is 5.10 Å². The van der Waals surface area contributed by atoms with Gasteiger partial charge in [0.1, 0.15) is 23.1 Å². The molecule has 4 aromatic rings. The topological polar surface area (TPSA) is 102 Å². The van der Waals surface area contributed by atoms with E-state index in [0.29, 0.717) is 29.7 Å². The number of fused-ring (bicyclic) bond motifs is 1. The van der Waals surface area contributed by atoms with Crippen molar-refractivity contribution in [2.75, 3.05) is 32.1 Å². The van der Waals surface area contributed by atoms with Gasteiger partial charge in [-0.3, -0.25) is 5.10 Å². The highest BCUT2D eigenvalue weighted by Gasteiger charge is 2.21. The van der Waals surface area contributed by atoms with E-state index >= 15 is 0 Å². The van der Waals surface area contributed by atoms with Crippen molar-refractivity contribution in [2.45, 2.75) is 19.1 Å². The number of piperidine rings is 1. The van der Waals surface area contributed by atoms with E-state index in [1.54, 1.807) is 0 Å². The molecule has 0 radical (unpaired) electrons. The number of imidazole rings is 1. The lowest BCUT2D eigenvalue weighted by atomic mass is 9.98. The molecule has 1 aliphatic rings. The number of halogens is 2. The fraction of sp³-hybridized carbons (Fsp3) is 0.333. The molecule has 0 saturated carbocycles. The normalized spacial score (nSPS) is 16.1. The van der Waals surface area contributed by atoms with Crippen LogP contribution in [0.15, 0.2) is 42.6 Å². The summed E-state index contributed by atoms with van der Waals surface area (Å²) >= 11 is 0. The van der Waals surface area contributed by atoms with Crippen molar-refractivity contribution in [1.29, 1.82) is 0 Å². The summed E-state index contributed by atoms with van der Waals surface area (Å²) in [5.74, 6) is 0.0791. The van der Waals surface area contributed by atoms with Gasteiger partial charge in [0, 0.05) is 6.07 Å². The Morgan fingerprint density at radius 2 is 1.97 bits per heavy atom. The van der Waals surface area contributed by atoms with Gasteiger partial charge in [-0.05, 0) is 63.2 Å². The molecule has 0 spiro atoms. The molecule has 1 fully saturated rings. The zero-order chi connectivity index (χ0) is 23.7. The van der Waals surface area contributed by atoms with Gasteiger partial charge in [-0.15, -0.1) is 0 Å². The molecule has 10 heteroatoms. The van der Waals surface area contributed by atoms with Crippen LogP contribution in [0.5, 0.6) is 5.75 Å². The van der Waals surface area contributed by atoms with E-state index in [9.17, 15) is 13.9 Å². The lowest BCUT2D eigenvalue weighted by Crippen LogP contribution is -2.32. The average molecular weight is 469 g/mol. The number of aromatic nitrogens is 4. The molecule has 2 aromatic heterocycles. The second-order valence-electron chi connectivity index (χ2n) is 8.66. The first-order valence-electron chi connectivity index (χ1n) is 11.2. The van der Waals surface area contributed by atoms with Crippen molar-refractivity contribution in [1.82, 2.24) is 25.1 Å². The van der Waals surface area contributed by atoms with Gasteiger partial charge in [0.15, 0.2) is 12.1 Å². The lowest BCUT2D eigenvalue weighted by Gasteiger charge is -2.28. The van der Waals surface area contributed by atoms with Crippen LogP contribution < -0.4 is 10.1 Å². The number of benzene rings is 2. The van der Waals surface area contributed by atoms with Crippen LogP contribution in [0.3, 0.4) is 0 Å². The van der Waals surface area contributed by atoms with Crippen LogP contribution in [0.2, 0.25) is 0 Å². The number of aliphatic hydroxyl groups excluding tert-OH is 1. The minimum atomic E-state index is -1.61. The van der Waals surface area contributed by atoms with Crippen LogP contribution in [-0.2, 0) is 0 Å². The van der Waals surface area contributed by atoms with E-state index in [1.165, 1.54) is 12.3 Å². The monoisotopic (exact) mass is 468 g/mol. The summed E-state index contributed by atoms with van der Waals surface area (Å²) in [6, 6.07) is 9.07. The molecule has 0 aliphatic carbocycles. The third-order valence-electron chi connectivity index (χ3n) is 6.22. The van der Waals surface area contributed by atoms with E-state index in [4.69, 9.17) is 4.74 Å². The van der Waals surface area contributed by atoms with E-state index in [0.717, 1.165) is 54.8 Å². The second-order valence-corrected chi connectivity index (χ2v) is 8.66. The number of likely N-dealkylation sites (tertiary alicyclic amines) is 1. The van der Waals surface area contributed by atoms with Crippen LogP contribution >= 0.6 is 0 Å². The van der Waals surface area contributed by atoms with Gasteiger partial charge in [-0.1, -0.05) is 6.07 Å². The number of nitrogens with one attached hydrogen (secondary N) is 3. The maximum atomic E-state index is 14.0. The summed E-state index contributed by atoms with van der Waals surface area (Å²) < 4.78 is 34.1. The molecular formula is C24H26F2N6O2. The van der Waals surface area contributed by atoms with Crippen LogP contribution in [-0.4, -0.2) is 56.9 Å². The third-order valence-corrected chi connectivity index (χ3v) is 6.22. The minimum absolute atomic E-state index is 0.341. The lowest BCUT2D eigenvalue weighted by molar-refractivity contribution is 0.160. The first-order chi connectivity index (χ1) is 16.5. The largest absolute Gasteiger partial charge is 0.493 e. The predicted octanol–water partition coefficient (Wildman–Crippen LogP) is 4.05. The van der Waals surface area contributed by atoms with Gasteiger partial charge in [0.2, 0.25) is 0 Å². The second kappa shape index (κ2) is 9.40. The van der Waals surface area contributed by atoms with Crippen LogP contribution in [0.25, 0.3) is 22.6 Å². The molecule has 1 atom stereocenters. The molecule has 1 unspecified atom stereocenters. The molecule has 1 saturated heterocycles. The molecule has 5 rings (SSSR count). The summed E-state index contributed by atoms with van der Waals surface area (Å²) in [6.45, 7) is 2.87. The summed E-state index contributed by atoms with van der Waals surface area (Å²) in [4.78, 5) is 10.1. The molecule has 0 amide bonds. The van der Waals surface area contributed by atoms with Gasteiger partial charge < -0.3 is 25.0 Å². The zero-order valence-corrected chi connectivity index (χ0v) is 18.7. The number of anilines is 1. The molecule has 34 heavy (non-hydrogen) atoms. The van der Waals surface area contributed by atoms with E-state index in [2.05, 4.69) is 37.4 Å². The first-order valence-corrected chi connectivity index (χ1v) is 11.2. The molecule has 4 N–H and O–H groups in total. The fourth-order valence-corrected chi connectivity index (χ4v) is 4.21.